The summed E-state index contributed by atoms with van der Waals surface area (Å²) in [7, 11) is 0. The predicted octanol–water partition coefficient (Wildman–Crippen LogP) is 2.31. The summed E-state index contributed by atoms with van der Waals surface area (Å²) in [5, 5.41) is 12.0. The van der Waals surface area contributed by atoms with Crippen molar-refractivity contribution in [3.63, 3.8) is 0 Å². The van der Waals surface area contributed by atoms with Crippen LogP contribution in [0.25, 0.3) is 0 Å². The van der Waals surface area contributed by atoms with Gasteiger partial charge in [0, 0.05) is 0 Å². The normalized spacial score (nSPS) is 12.9. The molecule has 0 saturated heterocycles. The van der Waals surface area contributed by atoms with Crippen molar-refractivity contribution in [3.05, 3.63) is 0 Å². The Bertz CT molecular complexity index is 135. The summed E-state index contributed by atoms with van der Waals surface area (Å²) in [4.78, 5) is 0. The molecule has 0 aromatic rings. The van der Waals surface area contributed by atoms with Crippen molar-refractivity contribution in [2.45, 2.75) is 46.1 Å². The number of nitrogens with one attached hydrogen (secondary N) is 1. The van der Waals surface area contributed by atoms with Gasteiger partial charge < -0.3 is 5.32 Å². The fraction of sp³-hybridized carbons (Fsp3) is 0.900. The van der Waals surface area contributed by atoms with Gasteiger partial charge >= 0.3 is 0 Å². The van der Waals surface area contributed by atoms with E-state index in [1.54, 1.807) is 0 Å². The lowest BCUT2D eigenvalue weighted by Crippen LogP contribution is -2.32. The van der Waals surface area contributed by atoms with Crippen LogP contribution in [-0.4, -0.2) is 12.6 Å². The maximum Gasteiger partial charge on any atom is 0.0976 e. The topological polar surface area (TPSA) is 35.8 Å². The second-order valence-electron chi connectivity index (χ2n) is 3.51. The molecule has 0 amide bonds. The molecule has 0 radical (unpaired) electrons. The number of hydrogen-bond acceptors (Lipinski definition) is 2. The molecular weight excluding hydrogens is 148 g/mol. The highest BCUT2D eigenvalue weighted by atomic mass is 14.9. The van der Waals surface area contributed by atoms with Crippen LogP contribution in [0.4, 0.5) is 0 Å². The van der Waals surface area contributed by atoms with Gasteiger partial charge in [-0.05, 0) is 18.9 Å². The molecule has 0 aliphatic heterocycles. The summed E-state index contributed by atoms with van der Waals surface area (Å²) in [5.41, 5.74) is 0. The van der Waals surface area contributed by atoms with Gasteiger partial charge in [0.2, 0.25) is 0 Å². The second-order valence-corrected chi connectivity index (χ2v) is 3.51. The van der Waals surface area contributed by atoms with Crippen molar-refractivity contribution in [2.24, 2.45) is 5.92 Å². The van der Waals surface area contributed by atoms with E-state index in [2.05, 4.69) is 32.2 Å². The smallest absolute Gasteiger partial charge is 0.0976 e. The molecule has 0 heterocycles. The van der Waals surface area contributed by atoms with Crippen LogP contribution in [0.15, 0.2) is 0 Å². The summed E-state index contributed by atoms with van der Waals surface area (Å²) in [6.45, 7) is 7.30. The van der Waals surface area contributed by atoms with Crippen molar-refractivity contribution < 1.29 is 0 Å². The third-order valence-corrected chi connectivity index (χ3v) is 1.95. The summed E-state index contributed by atoms with van der Waals surface area (Å²) < 4.78 is 0. The van der Waals surface area contributed by atoms with Crippen LogP contribution in [0, 0.1) is 17.2 Å². The van der Waals surface area contributed by atoms with E-state index in [4.69, 9.17) is 5.26 Å². The first-order chi connectivity index (χ1) is 5.72. The Labute approximate surface area is 76.0 Å². The predicted molar refractivity (Wildman–Crippen MR) is 51.8 cm³/mol. The molecule has 1 N–H and O–H groups in total. The molecule has 0 aliphatic carbocycles. The quantitative estimate of drug-likeness (QED) is 0.618. The van der Waals surface area contributed by atoms with Gasteiger partial charge in [0.1, 0.15) is 0 Å². The highest BCUT2D eigenvalue weighted by Gasteiger charge is 2.09. The van der Waals surface area contributed by atoms with Crippen molar-refractivity contribution in [3.8, 4) is 6.07 Å². The van der Waals surface area contributed by atoms with Gasteiger partial charge in [-0.3, -0.25) is 0 Å². The van der Waals surface area contributed by atoms with E-state index < -0.39 is 0 Å². The van der Waals surface area contributed by atoms with Crippen LogP contribution in [-0.2, 0) is 0 Å². The summed E-state index contributed by atoms with van der Waals surface area (Å²) in [5.74, 6) is 0.414. The molecule has 1 unspecified atom stereocenters. The van der Waals surface area contributed by atoms with Crippen LogP contribution in [0.2, 0.25) is 0 Å². The number of unbranched alkanes of at least 4 members (excludes halogenated alkanes) is 2. The Morgan fingerprint density at radius 2 is 2.00 bits per heavy atom. The van der Waals surface area contributed by atoms with Gasteiger partial charge in [0.05, 0.1) is 12.1 Å². The van der Waals surface area contributed by atoms with Crippen molar-refractivity contribution >= 4 is 0 Å². The standard InChI is InChI=1S/C10H20N2/c1-4-5-6-7-12-10(8-11)9(2)3/h9-10,12H,4-7H2,1-3H3. The number of hydrogen-bond donors (Lipinski definition) is 1. The van der Waals surface area contributed by atoms with E-state index in [0.717, 1.165) is 6.54 Å². The first kappa shape index (κ1) is 11.4. The summed E-state index contributed by atoms with van der Waals surface area (Å²) in [6.07, 6.45) is 3.67. The zero-order valence-electron chi connectivity index (χ0n) is 8.43. The molecule has 2 heteroatoms. The van der Waals surface area contributed by atoms with Gasteiger partial charge in [-0.2, -0.15) is 5.26 Å². The molecule has 1 atom stereocenters. The van der Waals surface area contributed by atoms with Gasteiger partial charge in [0.15, 0.2) is 0 Å². The summed E-state index contributed by atoms with van der Waals surface area (Å²) in [6, 6.07) is 2.30. The van der Waals surface area contributed by atoms with Crippen LogP contribution >= 0.6 is 0 Å². The van der Waals surface area contributed by atoms with E-state index in [0.29, 0.717) is 5.92 Å². The zero-order valence-corrected chi connectivity index (χ0v) is 8.43. The van der Waals surface area contributed by atoms with Gasteiger partial charge in [0.25, 0.3) is 0 Å². The summed E-state index contributed by atoms with van der Waals surface area (Å²) >= 11 is 0. The van der Waals surface area contributed by atoms with Crippen LogP contribution in [0.1, 0.15) is 40.0 Å². The van der Waals surface area contributed by atoms with Crippen LogP contribution < -0.4 is 5.32 Å². The molecule has 0 spiro atoms. The Morgan fingerprint density at radius 3 is 2.42 bits per heavy atom. The Balaban J connectivity index is 3.41. The molecule has 0 saturated carbocycles. The third kappa shape index (κ3) is 5.15. The molecule has 0 aliphatic rings. The molecule has 0 bridgehead atoms. The molecule has 0 rings (SSSR count). The van der Waals surface area contributed by atoms with E-state index in [1.165, 1.54) is 19.3 Å². The van der Waals surface area contributed by atoms with E-state index >= 15 is 0 Å². The minimum atomic E-state index is 0.0295. The minimum Gasteiger partial charge on any atom is -0.302 e. The lowest BCUT2D eigenvalue weighted by atomic mass is 10.1. The average molecular weight is 168 g/mol. The molecule has 0 aromatic carbocycles. The monoisotopic (exact) mass is 168 g/mol. The Kier molecular flexibility index (Phi) is 6.79. The molecule has 2 nitrogen and oxygen atoms in total. The van der Waals surface area contributed by atoms with Crippen molar-refractivity contribution in [1.82, 2.24) is 5.32 Å². The Hall–Kier alpha value is -0.550. The van der Waals surface area contributed by atoms with Gasteiger partial charge in [-0.1, -0.05) is 33.6 Å². The van der Waals surface area contributed by atoms with Crippen molar-refractivity contribution in [2.75, 3.05) is 6.54 Å². The molecule has 12 heavy (non-hydrogen) atoms. The first-order valence-electron chi connectivity index (χ1n) is 4.85. The highest BCUT2D eigenvalue weighted by Crippen LogP contribution is 2.00. The van der Waals surface area contributed by atoms with E-state index in [1.807, 2.05) is 0 Å². The fourth-order valence-corrected chi connectivity index (χ4v) is 1.06. The van der Waals surface area contributed by atoms with Gasteiger partial charge in [-0.25, -0.2) is 0 Å². The number of nitriles is 1. The lowest BCUT2D eigenvalue weighted by Gasteiger charge is -2.14. The molecule has 0 aromatic heterocycles. The Morgan fingerprint density at radius 1 is 1.33 bits per heavy atom. The number of nitrogens with zero attached hydrogens (tertiary/aromatic N) is 1. The zero-order chi connectivity index (χ0) is 9.40. The molecule has 0 fully saturated rings. The van der Waals surface area contributed by atoms with Gasteiger partial charge in [-0.15, -0.1) is 0 Å². The average Bonchev–Trinajstić information content (AvgIpc) is 2.04. The molecular formula is C10H20N2. The van der Waals surface area contributed by atoms with E-state index in [9.17, 15) is 0 Å². The first-order valence-corrected chi connectivity index (χ1v) is 4.85. The maximum absolute atomic E-state index is 8.74. The third-order valence-electron chi connectivity index (χ3n) is 1.95. The van der Waals surface area contributed by atoms with Crippen molar-refractivity contribution in [1.29, 1.82) is 5.26 Å². The largest absolute Gasteiger partial charge is 0.302 e. The maximum atomic E-state index is 8.74. The fourth-order valence-electron chi connectivity index (χ4n) is 1.06. The second kappa shape index (κ2) is 7.12. The minimum absolute atomic E-state index is 0.0295. The SMILES string of the molecule is CCCCCNC(C#N)C(C)C. The molecule has 70 valence electrons. The number of rotatable bonds is 6. The van der Waals surface area contributed by atoms with Crippen LogP contribution in [0.3, 0.4) is 0 Å². The van der Waals surface area contributed by atoms with Crippen LogP contribution in [0.5, 0.6) is 0 Å². The lowest BCUT2D eigenvalue weighted by molar-refractivity contribution is 0.463. The highest BCUT2D eigenvalue weighted by molar-refractivity contribution is 4.91. The van der Waals surface area contributed by atoms with E-state index in [-0.39, 0.29) is 6.04 Å².